The lowest BCUT2D eigenvalue weighted by atomic mass is 10.2. The first kappa shape index (κ1) is 22.8. The Morgan fingerprint density at radius 3 is 2.20 bits per heavy atom. The Balaban J connectivity index is 1.95. The molecule has 2 rings (SSSR count). The zero-order chi connectivity index (χ0) is 22.3. The first-order valence-electron chi connectivity index (χ1n) is 8.87. The summed E-state index contributed by atoms with van der Waals surface area (Å²) >= 11 is 0. The number of ether oxygens (including phenoxy) is 1. The molecule has 0 spiro atoms. The van der Waals surface area contributed by atoms with Crippen LogP contribution in [0.3, 0.4) is 0 Å². The van der Waals surface area contributed by atoms with E-state index < -0.39 is 38.1 Å². The van der Waals surface area contributed by atoms with Crippen molar-refractivity contribution in [3.63, 3.8) is 0 Å². The van der Waals surface area contributed by atoms with Crippen LogP contribution >= 0.6 is 0 Å². The van der Waals surface area contributed by atoms with E-state index in [1.807, 2.05) is 6.92 Å². The summed E-state index contributed by atoms with van der Waals surface area (Å²) in [7, 11) is -4.06. The summed E-state index contributed by atoms with van der Waals surface area (Å²) in [5, 5.41) is 15.6. The Morgan fingerprint density at radius 1 is 1.03 bits per heavy atom. The number of amides is 2. The van der Waals surface area contributed by atoms with Crippen LogP contribution in [0.15, 0.2) is 42.5 Å². The minimum atomic E-state index is -4.06. The maximum atomic E-state index is 12.2. The van der Waals surface area contributed by atoms with E-state index in [1.54, 1.807) is 31.2 Å². The first-order chi connectivity index (χ1) is 14.1. The minimum Gasteiger partial charge on any atom is -0.494 e. The number of sulfone groups is 1. The van der Waals surface area contributed by atoms with Crippen molar-refractivity contribution in [3.05, 3.63) is 58.1 Å². The summed E-state index contributed by atoms with van der Waals surface area (Å²) in [6.07, 6.45) is 0. The monoisotopic (exact) mass is 435 g/mol. The molecule has 0 fully saturated rings. The quantitative estimate of drug-likeness (QED) is 0.454. The lowest BCUT2D eigenvalue weighted by Crippen LogP contribution is -2.30. The van der Waals surface area contributed by atoms with Crippen molar-refractivity contribution in [2.75, 3.05) is 28.7 Å². The fourth-order valence-corrected chi connectivity index (χ4v) is 3.54. The molecule has 10 nitrogen and oxygen atoms in total. The Kier molecular flexibility index (Phi) is 7.48. The maximum Gasteiger partial charge on any atom is 0.271 e. The molecule has 0 saturated carbocycles. The first-order valence-corrected chi connectivity index (χ1v) is 10.7. The van der Waals surface area contributed by atoms with Gasteiger partial charge in [0.25, 0.3) is 5.69 Å². The van der Waals surface area contributed by atoms with E-state index in [-0.39, 0.29) is 11.4 Å². The average molecular weight is 435 g/mol. The molecule has 0 unspecified atom stereocenters. The van der Waals surface area contributed by atoms with Crippen LogP contribution in [0.2, 0.25) is 0 Å². The van der Waals surface area contributed by atoms with E-state index in [1.165, 1.54) is 12.1 Å². The molecule has 0 atom stereocenters. The highest BCUT2D eigenvalue weighted by Gasteiger charge is 2.22. The van der Waals surface area contributed by atoms with Gasteiger partial charge in [-0.15, -0.1) is 0 Å². The predicted molar refractivity (Wildman–Crippen MR) is 111 cm³/mol. The average Bonchev–Trinajstić information content (AvgIpc) is 2.64. The summed E-state index contributed by atoms with van der Waals surface area (Å²) in [5.41, 5.74) is 0.798. The molecule has 0 heterocycles. The third-order valence-electron chi connectivity index (χ3n) is 3.86. The van der Waals surface area contributed by atoms with Crippen molar-refractivity contribution in [3.8, 4) is 5.75 Å². The number of anilines is 2. The molecule has 11 heteroatoms. The summed E-state index contributed by atoms with van der Waals surface area (Å²) < 4.78 is 29.6. The number of carbonyl (C=O) groups excluding carboxylic acids is 2. The van der Waals surface area contributed by atoms with E-state index in [9.17, 15) is 28.1 Å². The van der Waals surface area contributed by atoms with Crippen LogP contribution < -0.4 is 15.4 Å². The number of hydrogen-bond acceptors (Lipinski definition) is 7. The smallest absolute Gasteiger partial charge is 0.271 e. The lowest BCUT2D eigenvalue weighted by Gasteiger charge is -2.10. The molecule has 0 radical (unpaired) electrons. The van der Waals surface area contributed by atoms with Crippen molar-refractivity contribution < 1.29 is 27.7 Å². The molecule has 0 aliphatic rings. The van der Waals surface area contributed by atoms with E-state index in [0.29, 0.717) is 23.6 Å². The van der Waals surface area contributed by atoms with Crippen LogP contribution in [0.25, 0.3) is 0 Å². The largest absolute Gasteiger partial charge is 0.494 e. The second kappa shape index (κ2) is 9.83. The molecule has 2 N–H and O–H groups in total. The van der Waals surface area contributed by atoms with Crippen molar-refractivity contribution >= 4 is 38.7 Å². The van der Waals surface area contributed by atoms with Crippen LogP contribution in [0.5, 0.6) is 5.75 Å². The van der Waals surface area contributed by atoms with E-state index in [4.69, 9.17) is 4.74 Å². The molecule has 0 aliphatic heterocycles. The number of nitro benzene ring substituents is 1. The van der Waals surface area contributed by atoms with E-state index in [0.717, 1.165) is 6.07 Å². The Morgan fingerprint density at radius 2 is 1.63 bits per heavy atom. The van der Waals surface area contributed by atoms with E-state index >= 15 is 0 Å². The van der Waals surface area contributed by atoms with Gasteiger partial charge in [-0.25, -0.2) is 8.42 Å². The zero-order valence-electron chi connectivity index (χ0n) is 16.4. The summed E-state index contributed by atoms with van der Waals surface area (Å²) in [5.74, 6) is -2.91. The number of nitro groups is 1. The van der Waals surface area contributed by atoms with Crippen molar-refractivity contribution in [1.82, 2.24) is 0 Å². The Labute approximate surface area is 173 Å². The second-order valence-corrected chi connectivity index (χ2v) is 8.41. The van der Waals surface area contributed by atoms with Crippen molar-refractivity contribution in [1.29, 1.82) is 0 Å². The minimum absolute atomic E-state index is 0.128. The van der Waals surface area contributed by atoms with Crippen LogP contribution in [-0.4, -0.2) is 43.3 Å². The summed E-state index contributed by atoms with van der Waals surface area (Å²) in [6, 6.07) is 10.2. The summed E-state index contributed by atoms with van der Waals surface area (Å²) in [6.45, 7) is 3.93. The molecular weight excluding hydrogens is 414 g/mol. The zero-order valence-corrected chi connectivity index (χ0v) is 17.2. The van der Waals surface area contributed by atoms with Gasteiger partial charge in [0.1, 0.15) is 17.3 Å². The second-order valence-electron chi connectivity index (χ2n) is 6.34. The van der Waals surface area contributed by atoms with Gasteiger partial charge < -0.3 is 15.4 Å². The molecule has 0 saturated heterocycles. The molecule has 160 valence electrons. The number of nitrogens with one attached hydrogen (secondary N) is 2. The Bertz CT molecular complexity index is 1050. The number of nitrogens with zero attached hydrogens (tertiary/aromatic N) is 1. The lowest BCUT2D eigenvalue weighted by molar-refractivity contribution is -0.384. The molecule has 2 aromatic carbocycles. The highest BCUT2D eigenvalue weighted by molar-refractivity contribution is 7.92. The van der Waals surface area contributed by atoms with Crippen LogP contribution in [0.1, 0.15) is 12.5 Å². The van der Waals surface area contributed by atoms with Gasteiger partial charge in [0.2, 0.25) is 11.8 Å². The number of hydrogen-bond donors (Lipinski definition) is 2. The highest BCUT2D eigenvalue weighted by atomic mass is 32.2. The third kappa shape index (κ3) is 6.85. The van der Waals surface area contributed by atoms with Crippen molar-refractivity contribution in [2.45, 2.75) is 13.8 Å². The molecule has 2 aromatic rings. The van der Waals surface area contributed by atoms with Crippen LogP contribution in [-0.2, 0) is 19.4 Å². The molecule has 0 bridgehead atoms. The molecule has 0 aromatic heterocycles. The number of aryl methyl sites for hydroxylation is 1. The standard InChI is InChI=1S/C19H21N3O7S/c1-3-29-16-8-5-14(6-9-16)20-18(23)11-30(27,28)12-19(24)21-17-10-15(22(25)26)7-4-13(17)2/h4-10H,3,11-12H2,1-2H3,(H,20,23)(H,21,24). The molecule has 30 heavy (non-hydrogen) atoms. The highest BCUT2D eigenvalue weighted by Crippen LogP contribution is 2.22. The Hall–Kier alpha value is -3.47. The fraction of sp³-hybridized carbons (Fsp3) is 0.263. The number of rotatable bonds is 9. The molecule has 2 amide bonds. The summed E-state index contributed by atoms with van der Waals surface area (Å²) in [4.78, 5) is 34.3. The number of benzene rings is 2. The van der Waals surface area contributed by atoms with Gasteiger partial charge in [0.05, 0.1) is 17.2 Å². The SMILES string of the molecule is CCOc1ccc(NC(=O)CS(=O)(=O)CC(=O)Nc2cc([N+](=O)[O-])ccc2C)cc1. The fourth-order valence-electron chi connectivity index (χ4n) is 2.49. The topological polar surface area (TPSA) is 145 Å². The van der Waals surface area contributed by atoms with Gasteiger partial charge >= 0.3 is 0 Å². The van der Waals surface area contributed by atoms with Gasteiger partial charge in [0, 0.05) is 17.8 Å². The van der Waals surface area contributed by atoms with Gasteiger partial charge in [0.15, 0.2) is 9.84 Å². The predicted octanol–water partition coefficient (Wildman–Crippen LogP) is 2.29. The molecular formula is C19H21N3O7S. The van der Waals surface area contributed by atoms with Gasteiger partial charge in [-0.1, -0.05) is 6.07 Å². The van der Waals surface area contributed by atoms with Crippen LogP contribution in [0.4, 0.5) is 17.1 Å². The number of carbonyl (C=O) groups is 2. The third-order valence-corrected chi connectivity index (χ3v) is 5.26. The molecule has 0 aliphatic carbocycles. The van der Waals surface area contributed by atoms with Gasteiger partial charge in [-0.2, -0.15) is 0 Å². The van der Waals surface area contributed by atoms with Gasteiger partial charge in [-0.05, 0) is 43.7 Å². The normalized spacial score (nSPS) is 10.9. The van der Waals surface area contributed by atoms with Crippen LogP contribution in [0, 0.1) is 17.0 Å². The van der Waals surface area contributed by atoms with E-state index in [2.05, 4.69) is 10.6 Å². The maximum absolute atomic E-state index is 12.2. The van der Waals surface area contributed by atoms with Crippen molar-refractivity contribution in [2.24, 2.45) is 0 Å². The van der Waals surface area contributed by atoms with Gasteiger partial charge in [-0.3, -0.25) is 19.7 Å². The number of non-ortho nitro benzene ring substituents is 1.